The van der Waals surface area contributed by atoms with E-state index in [1.807, 2.05) is 0 Å². The first kappa shape index (κ1) is 10.6. The Bertz CT molecular complexity index is 325. The maximum absolute atomic E-state index is 5.74. The van der Waals surface area contributed by atoms with E-state index < -0.39 is 0 Å². The van der Waals surface area contributed by atoms with Crippen molar-refractivity contribution in [2.24, 2.45) is 0 Å². The SMILES string of the molecule is CCN(c1cnnc(Cl)n1)C1CCCC1. The molecule has 0 N–H and O–H groups in total. The second kappa shape index (κ2) is 4.75. The maximum Gasteiger partial charge on any atom is 0.244 e. The van der Waals surface area contributed by atoms with Crippen LogP contribution in [0.5, 0.6) is 0 Å². The number of rotatable bonds is 3. The fourth-order valence-corrected chi connectivity index (χ4v) is 2.37. The smallest absolute Gasteiger partial charge is 0.244 e. The van der Waals surface area contributed by atoms with Crippen LogP contribution >= 0.6 is 11.6 Å². The minimum absolute atomic E-state index is 0.226. The molecule has 1 aliphatic rings. The van der Waals surface area contributed by atoms with E-state index in [4.69, 9.17) is 11.6 Å². The van der Waals surface area contributed by atoms with Crippen molar-refractivity contribution in [3.05, 3.63) is 11.5 Å². The number of hydrogen-bond donors (Lipinski definition) is 0. The Balaban J connectivity index is 2.18. The van der Waals surface area contributed by atoms with Gasteiger partial charge >= 0.3 is 0 Å². The number of halogens is 1. The predicted molar refractivity (Wildman–Crippen MR) is 60.1 cm³/mol. The van der Waals surface area contributed by atoms with Crippen LogP contribution in [0.4, 0.5) is 5.82 Å². The molecule has 0 aromatic carbocycles. The molecule has 1 heterocycles. The normalized spacial score (nSPS) is 16.9. The van der Waals surface area contributed by atoms with Gasteiger partial charge in [0.25, 0.3) is 0 Å². The molecule has 1 aliphatic carbocycles. The first-order chi connectivity index (χ1) is 7.31. The molecule has 0 radical (unpaired) electrons. The van der Waals surface area contributed by atoms with E-state index in [1.165, 1.54) is 25.7 Å². The van der Waals surface area contributed by atoms with Gasteiger partial charge in [0, 0.05) is 12.6 Å². The predicted octanol–water partition coefficient (Wildman–Crippen LogP) is 2.29. The summed E-state index contributed by atoms with van der Waals surface area (Å²) in [6.45, 7) is 3.08. The molecule has 1 aromatic rings. The largest absolute Gasteiger partial charge is 0.352 e. The molecule has 0 aliphatic heterocycles. The summed E-state index contributed by atoms with van der Waals surface area (Å²) in [5, 5.41) is 7.73. The van der Waals surface area contributed by atoms with Crippen molar-refractivity contribution in [3.63, 3.8) is 0 Å². The molecule has 0 atom stereocenters. The Morgan fingerprint density at radius 3 is 2.80 bits per heavy atom. The number of nitrogens with zero attached hydrogens (tertiary/aromatic N) is 4. The minimum Gasteiger partial charge on any atom is -0.352 e. The number of hydrogen-bond acceptors (Lipinski definition) is 4. The summed E-state index contributed by atoms with van der Waals surface area (Å²) in [4.78, 5) is 6.48. The Morgan fingerprint density at radius 2 is 2.20 bits per heavy atom. The van der Waals surface area contributed by atoms with Gasteiger partial charge in [-0.05, 0) is 31.4 Å². The van der Waals surface area contributed by atoms with Gasteiger partial charge in [-0.15, -0.1) is 5.10 Å². The van der Waals surface area contributed by atoms with Gasteiger partial charge in [-0.3, -0.25) is 0 Å². The van der Waals surface area contributed by atoms with E-state index in [2.05, 4.69) is 27.0 Å². The van der Waals surface area contributed by atoms with Crippen LogP contribution in [-0.4, -0.2) is 27.8 Å². The molecule has 0 bridgehead atoms. The first-order valence-corrected chi connectivity index (χ1v) is 5.81. The lowest BCUT2D eigenvalue weighted by Gasteiger charge is -2.28. The van der Waals surface area contributed by atoms with E-state index in [0.29, 0.717) is 6.04 Å². The van der Waals surface area contributed by atoms with Crippen LogP contribution in [0.25, 0.3) is 0 Å². The summed E-state index contributed by atoms with van der Waals surface area (Å²) in [7, 11) is 0. The van der Waals surface area contributed by atoms with Crippen LogP contribution in [0.2, 0.25) is 5.28 Å². The fourth-order valence-electron chi connectivity index (χ4n) is 2.24. The molecular weight excluding hydrogens is 212 g/mol. The zero-order valence-electron chi connectivity index (χ0n) is 8.86. The highest BCUT2D eigenvalue weighted by molar-refractivity contribution is 6.28. The van der Waals surface area contributed by atoms with Crippen LogP contribution in [-0.2, 0) is 0 Å². The van der Waals surface area contributed by atoms with Crippen molar-refractivity contribution in [1.82, 2.24) is 15.2 Å². The molecule has 5 heteroatoms. The monoisotopic (exact) mass is 226 g/mol. The minimum atomic E-state index is 0.226. The van der Waals surface area contributed by atoms with E-state index >= 15 is 0 Å². The fraction of sp³-hybridized carbons (Fsp3) is 0.700. The van der Waals surface area contributed by atoms with Crippen molar-refractivity contribution in [2.45, 2.75) is 38.6 Å². The standard InChI is InChI=1S/C10H15ClN4/c1-2-15(8-5-3-4-6-8)9-7-12-14-10(11)13-9/h7-8H,2-6H2,1H3. The quantitative estimate of drug-likeness (QED) is 0.793. The van der Waals surface area contributed by atoms with Crippen molar-refractivity contribution in [3.8, 4) is 0 Å². The van der Waals surface area contributed by atoms with Gasteiger partial charge in [0.05, 0.1) is 6.20 Å². The van der Waals surface area contributed by atoms with Crippen LogP contribution in [0.15, 0.2) is 6.20 Å². The molecule has 82 valence electrons. The summed E-state index contributed by atoms with van der Waals surface area (Å²) >= 11 is 5.74. The van der Waals surface area contributed by atoms with Gasteiger partial charge in [-0.1, -0.05) is 12.8 Å². The Labute approximate surface area is 94.7 Å². The van der Waals surface area contributed by atoms with Crippen LogP contribution in [0, 0.1) is 0 Å². The van der Waals surface area contributed by atoms with E-state index in [0.717, 1.165) is 12.4 Å². The second-order valence-corrected chi connectivity index (χ2v) is 4.15. The third-order valence-electron chi connectivity index (χ3n) is 2.92. The Kier molecular flexibility index (Phi) is 3.36. The van der Waals surface area contributed by atoms with Crippen LogP contribution in [0.1, 0.15) is 32.6 Å². The lowest BCUT2D eigenvalue weighted by Crippen LogP contribution is -2.33. The molecule has 0 saturated heterocycles. The van der Waals surface area contributed by atoms with Gasteiger partial charge in [-0.2, -0.15) is 10.1 Å². The number of aromatic nitrogens is 3. The highest BCUT2D eigenvalue weighted by Crippen LogP contribution is 2.26. The average molecular weight is 227 g/mol. The Morgan fingerprint density at radius 1 is 1.47 bits per heavy atom. The molecule has 4 nitrogen and oxygen atoms in total. The second-order valence-electron chi connectivity index (χ2n) is 3.81. The van der Waals surface area contributed by atoms with Gasteiger partial charge in [0.15, 0.2) is 5.82 Å². The highest BCUT2D eigenvalue weighted by atomic mass is 35.5. The molecule has 0 unspecified atom stereocenters. The summed E-state index contributed by atoms with van der Waals surface area (Å²) in [5.74, 6) is 0.851. The van der Waals surface area contributed by atoms with Crippen molar-refractivity contribution < 1.29 is 0 Å². The van der Waals surface area contributed by atoms with E-state index in [9.17, 15) is 0 Å². The zero-order chi connectivity index (χ0) is 10.7. The maximum atomic E-state index is 5.74. The van der Waals surface area contributed by atoms with Crippen molar-refractivity contribution in [1.29, 1.82) is 0 Å². The van der Waals surface area contributed by atoms with Crippen molar-refractivity contribution >= 4 is 17.4 Å². The van der Waals surface area contributed by atoms with Crippen molar-refractivity contribution in [2.75, 3.05) is 11.4 Å². The summed E-state index contributed by atoms with van der Waals surface area (Å²) in [5.41, 5.74) is 0. The third-order valence-corrected chi connectivity index (χ3v) is 3.08. The van der Waals surface area contributed by atoms with Gasteiger partial charge in [0.2, 0.25) is 5.28 Å². The average Bonchev–Trinajstić information content (AvgIpc) is 2.72. The summed E-state index contributed by atoms with van der Waals surface area (Å²) in [6.07, 6.45) is 6.81. The number of anilines is 1. The first-order valence-electron chi connectivity index (χ1n) is 5.43. The summed E-state index contributed by atoms with van der Waals surface area (Å²) < 4.78 is 0. The van der Waals surface area contributed by atoms with Gasteiger partial charge in [-0.25, -0.2) is 0 Å². The van der Waals surface area contributed by atoms with Gasteiger partial charge < -0.3 is 4.90 Å². The molecule has 1 aromatic heterocycles. The van der Waals surface area contributed by atoms with Crippen LogP contribution < -0.4 is 4.90 Å². The molecule has 1 saturated carbocycles. The molecule has 0 spiro atoms. The molecule has 15 heavy (non-hydrogen) atoms. The molecule has 1 fully saturated rings. The molecule has 2 rings (SSSR count). The molecule has 0 amide bonds. The molecular formula is C10H15ClN4. The van der Waals surface area contributed by atoms with Gasteiger partial charge in [0.1, 0.15) is 0 Å². The highest BCUT2D eigenvalue weighted by Gasteiger charge is 2.22. The lowest BCUT2D eigenvalue weighted by molar-refractivity contribution is 0.610. The zero-order valence-corrected chi connectivity index (χ0v) is 9.61. The lowest BCUT2D eigenvalue weighted by atomic mass is 10.2. The third kappa shape index (κ3) is 2.37. The topological polar surface area (TPSA) is 41.9 Å². The Hall–Kier alpha value is -0.900. The van der Waals surface area contributed by atoms with E-state index in [1.54, 1.807) is 6.20 Å². The van der Waals surface area contributed by atoms with E-state index in [-0.39, 0.29) is 5.28 Å². The summed E-state index contributed by atoms with van der Waals surface area (Å²) in [6, 6.07) is 0.600. The van der Waals surface area contributed by atoms with Crippen LogP contribution in [0.3, 0.4) is 0 Å².